The van der Waals surface area contributed by atoms with Gasteiger partial charge in [0.2, 0.25) is 0 Å². The Labute approximate surface area is 240 Å². The molecule has 2 aromatic carbocycles. The summed E-state index contributed by atoms with van der Waals surface area (Å²) in [5, 5.41) is 8.34. The van der Waals surface area contributed by atoms with Crippen LogP contribution < -0.4 is 21.1 Å². The lowest BCUT2D eigenvalue weighted by Gasteiger charge is -2.27. The molecule has 4 fully saturated rings. The number of carbonyl (C=O) groups excluding carboxylic acids is 1. The van der Waals surface area contributed by atoms with E-state index in [0.29, 0.717) is 29.1 Å². The van der Waals surface area contributed by atoms with Crippen molar-refractivity contribution in [2.24, 2.45) is 30.5 Å². The molecule has 9 heteroatoms. The quantitative estimate of drug-likeness (QED) is 0.307. The molecule has 2 saturated heterocycles. The number of anilines is 1. The molecule has 9 nitrogen and oxygen atoms in total. The molecule has 4 aromatic rings. The van der Waals surface area contributed by atoms with Crippen LogP contribution in [0.2, 0.25) is 0 Å². The summed E-state index contributed by atoms with van der Waals surface area (Å²) < 4.78 is 10.5. The van der Waals surface area contributed by atoms with Gasteiger partial charge in [0, 0.05) is 68.7 Å². The number of imidazole rings is 1. The second-order valence-electron chi connectivity index (χ2n) is 12.7. The number of likely N-dealkylation sites (tertiary alicyclic amines) is 1. The van der Waals surface area contributed by atoms with E-state index in [9.17, 15) is 4.79 Å². The monoisotopic (exact) mass is 553 g/mol. The number of aromatic nitrogens is 3. The Balaban J connectivity index is 1.22. The van der Waals surface area contributed by atoms with Gasteiger partial charge in [-0.15, -0.1) is 0 Å². The lowest BCUT2D eigenvalue weighted by Crippen LogP contribution is -2.45. The smallest absolute Gasteiger partial charge is 0.254 e. The Morgan fingerprint density at radius 3 is 2.66 bits per heavy atom. The van der Waals surface area contributed by atoms with Crippen molar-refractivity contribution >= 4 is 33.5 Å². The first-order valence-electron chi connectivity index (χ1n) is 15.2. The summed E-state index contributed by atoms with van der Waals surface area (Å²) in [5.41, 5.74) is 12.2. The molecule has 214 valence electrons. The van der Waals surface area contributed by atoms with E-state index in [1.165, 1.54) is 29.4 Å². The van der Waals surface area contributed by atoms with Gasteiger partial charge in [0.05, 0.1) is 29.5 Å². The van der Waals surface area contributed by atoms with Gasteiger partial charge in [-0.25, -0.2) is 4.98 Å². The molecule has 3 unspecified atom stereocenters. The maximum atomic E-state index is 13.7. The molecule has 2 aliphatic carbocycles. The Morgan fingerprint density at radius 1 is 1.12 bits per heavy atom. The first kappa shape index (κ1) is 25.2. The molecule has 0 spiro atoms. The van der Waals surface area contributed by atoms with Crippen LogP contribution in [-0.2, 0) is 13.6 Å². The van der Waals surface area contributed by atoms with Gasteiger partial charge in [0.1, 0.15) is 11.3 Å². The first-order valence-corrected chi connectivity index (χ1v) is 15.2. The third kappa shape index (κ3) is 4.04. The zero-order valence-electron chi connectivity index (χ0n) is 23.9. The Kier molecular flexibility index (Phi) is 5.83. The van der Waals surface area contributed by atoms with Crippen molar-refractivity contribution in [3.8, 4) is 17.3 Å². The average Bonchev–Trinajstić information content (AvgIpc) is 3.34. The van der Waals surface area contributed by atoms with Crippen molar-refractivity contribution in [3.05, 3.63) is 42.0 Å². The van der Waals surface area contributed by atoms with Crippen molar-refractivity contribution < 1.29 is 9.53 Å². The number of ether oxygens (including phenoxy) is 1. The molecule has 2 bridgehead atoms. The van der Waals surface area contributed by atoms with Gasteiger partial charge >= 0.3 is 0 Å². The van der Waals surface area contributed by atoms with E-state index in [4.69, 9.17) is 15.5 Å². The molecule has 1 amide bonds. The molecule has 41 heavy (non-hydrogen) atoms. The number of para-hydroxylation sites is 1. The lowest BCUT2D eigenvalue weighted by atomic mass is 10.0. The van der Waals surface area contributed by atoms with E-state index in [2.05, 4.69) is 51.1 Å². The third-order valence-corrected chi connectivity index (χ3v) is 10.0. The van der Waals surface area contributed by atoms with Crippen LogP contribution >= 0.6 is 0 Å². The number of benzene rings is 2. The molecule has 2 saturated carbocycles. The Bertz CT molecular complexity index is 1660. The van der Waals surface area contributed by atoms with Crippen LogP contribution in [0.25, 0.3) is 33.5 Å². The van der Waals surface area contributed by atoms with Crippen LogP contribution in [0, 0.1) is 17.8 Å². The van der Waals surface area contributed by atoms with Crippen LogP contribution in [0.4, 0.5) is 5.69 Å². The molecular formula is C32H39N7O2. The molecule has 2 aromatic heterocycles. The fourth-order valence-electron chi connectivity index (χ4n) is 7.41. The molecule has 3 atom stereocenters. The van der Waals surface area contributed by atoms with Crippen molar-refractivity contribution in [1.29, 1.82) is 0 Å². The van der Waals surface area contributed by atoms with E-state index in [1.807, 2.05) is 17.0 Å². The zero-order chi connectivity index (χ0) is 27.8. The van der Waals surface area contributed by atoms with E-state index in [1.54, 1.807) is 7.11 Å². The maximum Gasteiger partial charge on any atom is 0.254 e. The van der Waals surface area contributed by atoms with E-state index < -0.39 is 0 Å². The molecule has 4 heterocycles. The summed E-state index contributed by atoms with van der Waals surface area (Å²) in [6.07, 6.45) is 4.65. The van der Waals surface area contributed by atoms with E-state index in [0.717, 1.165) is 68.1 Å². The highest BCUT2D eigenvalue weighted by molar-refractivity contribution is 6.01. The van der Waals surface area contributed by atoms with Gasteiger partial charge in [-0.05, 0) is 61.8 Å². The van der Waals surface area contributed by atoms with Crippen molar-refractivity contribution in [2.75, 3.05) is 38.6 Å². The van der Waals surface area contributed by atoms with Crippen LogP contribution in [-0.4, -0.2) is 70.3 Å². The van der Waals surface area contributed by atoms with Crippen molar-refractivity contribution in [2.45, 2.75) is 44.3 Å². The minimum Gasteiger partial charge on any atom is -0.494 e. The normalized spacial score (nSPS) is 24.0. The fourth-order valence-corrected chi connectivity index (χ4v) is 7.41. The molecule has 0 radical (unpaired) electrons. The van der Waals surface area contributed by atoms with Gasteiger partial charge < -0.3 is 35.1 Å². The van der Waals surface area contributed by atoms with Gasteiger partial charge in [-0.2, -0.15) is 0 Å². The highest BCUT2D eigenvalue weighted by Gasteiger charge is 2.47. The summed E-state index contributed by atoms with van der Waals surface area (Å²) in [5.74, 6) is 3.36. The average molecular weight is 554 g/mol. The number of piperidine rings is 1. The third-order valence-electron chi connectivity index (χ3n) is 10.0. The number of nitrogens with two attached hydrogens (primary N) is 1. The number of nitrogens with one attached hydrogen (secondary N) is 2. The first-order chi connectivity index (χ1) is 20.0. The molecule has 2 aliphatic heterocycles. The Morgan fingerprint density at radius 2 is 1.98 bits per heavy atom. The summed E-state index contributed by atoms with van der Waals surface area (Å²) in [7, 11) is 3.72. The number of hydrogen-bond donors (Lipinski definition) is 3. The van der Waals surface area contributed by atoms with Crippen LogP contribution in [0.3, 0.4) is 0 Å². The van der Waals surface area contributed by atoms with E-state index >= 15 is 0 Å². The topological polar surface area (TPSA) is 102 Å². The molecular weight excluding hydrogens is 514 g/mol. The number of hydrogen-bond acceptors (Lipinski definition) is 6. The predicted octanol–water partition coefficient (Wildman–Crippen LogP) is 3.81. The number of carbonyl (C=O) groups is 1. The van der Waals surface area contributed by atoms with Crippen molar-refractivity contribution in [3.63, 3.8) is 0 Å². The SMILES string of the molecule is COc1cc(C(=O)N2CC3CCC2C3N)cc2nc(-c3cc4cccc(NCC5CNC5)c4n3CC3CC3)n(C)c12. The number of fused-ring (bicyclic) bond motifs is 4. The molecule has 4 N–H and O–H groups in total. The minimum atomic E-state index is 0.0280. The number of nitrogens with zero attached hydrogens (tertiary/aromatic N) is 4. The van der Waals surface area contributed by atoms with Crippen LogP contribution in [0.1, 0.15) is 36.0 Å². The summed E-state index contributed by atoms with van der Waals surface area (Å²) in [6.45, 7) is 4.85. The molecule has 4 aliphatic rings. The number of aryl methyl sites for hydroxylation is 1. The highest BCUT2D eigenvalue weighted by atomic mass is 16.5. The lowest BCUT2D eigenvalue weighted by molar-refractivity contribution is 0.0700. The number of amides is 1. The van der Waals surface area contributed by atoms with Crippen LogP contribution in [0.5, 0.6) is 5.75 Å². The summed E-state index contributed by atoms with van der Waals surface area (Å²) >= 11 is 0. The Hall–Kier alpha value is -3.56. The largest absolute Gasteiger partial charge is 0.494 e. The van der Waals surface area contributed by atoms with Crippen molar-refractivity contribution in [1.82, 2.24) is 24.3 Å². The number of rotatable bonds is 8. The summed E-state index contributed by atoms with van der Waals surface area (Å²) in [4.78, 5) is 20.8. The second kappa shape index (κ2) is 9.49. The van der Waals surface area contributed by atoms with Gasteiger partial charge in [-0.1, -0.05) is 12.1 Å². The van der Waals surface area contributed by atoms with Gasteiger partial charge in [0.15, 0.2) is 5.82 Å². The van der Waals surface area contributed by atoms with E-state index in [-0.39, 0.29) is 18.0 Å². The van der Waals surface area contributed by atoms with Gasteiger partial charge in [-0.3, -0.25) is 4.79 Å². The minimum absolute atomic E-state index is 0.0280. The maximum absolute atomic E-state index is 13.7. The second-order valence-corrected chi connectivity index (χ2v) is 12.7. The zero-order valence-corrected chi connectivity index (χ0v) is 23.9. The van der Waals surface area contributed by atoms with Crippen LogP contribution in [0.15, 0.2) is 36.4 Å². The summed E-state index contributed by atoms with van der Waals surface area (Å²) in [6, 6.07) is 12.9. The fraction of sp³-hybridized carbons (Fsp3) is 0.500. The van der Waals surface area contributed by atoms with Gasteiger partial charge in [0.25, 0.3) is 5.91 Å². The highest BCUT2D eigenvalue weighted by Crippen LogP contribution is 2.41. The predicted molar refractivity (Wildman–Crippen MR) is 161 cm³/mol. The standard InChI is InChI=1S/C32H39N7O2/c1-37-30-24(10-22(12-27(30)41-2)32(40)39-17-21-8-9-25(39)28(21)33)36-31(37)26-11-20-4-3-5-23(35-15-19-13-34-14-19)29(20)38(26)16-18-6-7-18/h3-5,10-12,18-19,21,25,28,34-35H,6-9,13-17,33H2,1-2H3. The number of methoxy groups -OCH3 is 1. The molecule has 8 rings (SSSR count).